The van der Waals surface area contributed by atoms with Gasteiger partial charge in [0.1, 0.15) is 0 Å². The Balaban J connectivity index is 0. The molecule has 120 valence electrons. The van der Waals surface area contributed by atoms with Crippen molar-refractivity contribution < 1.29 is 48.1 Å². The minimum atomic E-state index is -6.45. The lowest BCUT2D eigenvalue weighted by atomic mass is 10.1. The van der Waals surface area contributed by atoms with Gasteiger partial charge in [0.15, 0.2) is 5.16 Å². The van der Waals surface area contributed by atoms with Gasteiger partial charge in [0.2, 0.25) is 0 Å². The molecule has 0 aliphatic carbocycles. The molecule has 0 bridgehead atoms. The summed E-state index contributed by atoms with van der Waals surface area (Å²) in [4.78, 5) is 1.46. The summed E-state index contributed by atoms with van der Waals surface area (Å²) in [6.07, 6.45) is -6.18. The van der Waals surface area contributed by atoms with Crippen LogP contribution in [0.2, 0.25) is 0 Å². The maximum atomic E-state index is 13.0. The van der Waals surface area contributed by atoms with Crippen LogP contribution in [0.15, 0.2) is 10.7 Å². The summed E-state index contributed by atoms with van der Waals surface area (Å²) in [5.41, 5.74) is 4.84. The van der Waals surface area contributed by atoms with E-state index >= 15 is 0 Å². The fraction of sp³-hybridized carbons (Fsp3) is 0.667. The van der Waals surface area contributed by atoms with Crippen LogP contribution in [0.25, 0.3) is 0 Å². The standard InChI is InChI=1S/C9H10ClF7N2.ClH/c1-3-4(2)5(10)19-6(18)7(11,12)8(13,14)9(15,16)17;/h3H2,1-2H3,(H2,18,19);1H/b5-4-;. The number of halogens is 9. The molecule has 0 heterocycles. The Morgan fingerprint density at radius 1 is 1.10 bits per heavy atom. The highest BCUT2D eigenvalue weighted by atomic mass is 35.5. The maximum absolute atomic E-state index is 13.0. The quantitative estimate of drug-likeness (QED) is 0.294. The second-order valence-electron chi connectivity index (χ2n) is 3.63. The van der Waals surface area contributed by atoms with Gasteiger partial charge in [-0.3, -0.25) is 5.73 Å². The molecule has 0 rings (SSSR count). The molecule has 0 aliphatic rings. The smallest absolute Gasteiger partial charge is 0.460 e. The van der Waals surface area contributed by atoms with Gasteiger partial charge in [0.25, 0.3) is 0 Å². The molecule has 0 spiro atoms. The first-order chi connectivity index (χ1) is 8.29. The first kappa shape index (κ1) is 21.6. The lowest BCUT2D eigenvalue weighted by Gasteiger charge is -2.25. The maximum Gasteiger partial charge on any atom is 0.460 e. The van der Waals surface area contributed by atoms with E-state index in [4.69, 9.17) is 11.6 Å². The number of alkyl halides is 7. The molecule has 0 amide bonds. The highest BCUT2D eigenvalue weighted by molar-refractivity contribution is 6.28. The van der Waals surface area contributed by atoms with Crippen molar-refractivity contribution in [3.05, 3.63) is 10.7 Å². The van der Waals surface area contributed by atoms with E-state index < -0.39 is 29.0 Å². The van der Waals surface area contributed by atoms with Crippen molar-refractivity contribution in [2.45, 2.75) is 38.3 Å². The average Bonchev–Trinajstić information content (AvgIpc) is 2.25. The topological polar surface area (TPSA) is 40.0 Å². The molecule has 0 unspecified atom stereocenters. The van der Waals surface area contributed by atoms with Crippen molar-refractivity contribution in [1.29, 1.82) is 0 Å². The van der Waals surface area contributed by atoms with Crippen molar-refractivity contribution in [3.8, 4) is 0 Å². The molecular formula is C9H11Cl2F7N2. The van der Waals surface area contributed by atoms with Gasteiger partial charge >= 0.3 is 23.9 Å². The number of allylic oxidation sites excluding steroid dienone is 1. The van der Waals surface area contributed by atoms with Crippen LogP contribution in [0.4, 0.5) is 30.7 Å². The first-order valence-electron chi connectivity index (χ1n) is 4.86. The highest BCUT2D eigenvalue weighted by Gasteiger charge is 2.76. The number of nitrogens with one attached hydrogen (secondary N) is 1. The molecule has 3 N–H and O–H groups in total. The van der Waals surface area contributed by atoms with Crippen LogP contribution < -0.4 is 23.1 Å². The first-order valence-corrected chi connectivity index (χ1v) is 5.24. The fourth-order valence-electron chi connectivity index (χ4n) is 0.806. The second kappa shape index (κ2) is 6.84. The lowest BCUT2D eigenvalue weighted by Crippen LogP contribution is -3.00. The van der Waals surface area contributed by atoms with Gasteiger partial charge < -0.3 is 12.4 Å². The Kier molecular flexibility index (Phi) is 7.38. The summed E-state index contributed by atoms with van der Waals surface area (Å²) in [7, 11) is 0. The van der Waals surface area contributed by atoms with E-state index in [1.807, 2.05) is 0 Å². The molecule has 0 radical (unpaired) electrons. The van der Waals surface area contributed by atoms with Crippen molar-refractivity contribution in [2.24, 2.45) is 5.73 Å². The van der Waals surface area contributed by atoms with Gasteiger partial charge in [-0.1, -0.05) is 6.92 Å². The van der Waals surface area contributed by atoms with Crippen molar-refractivity contribution in [2.75, 3.05) is 0 Å². The van der Waals surface area contributed by atoms with Gasteiger partial charge in [0.05, 0.1) is 0 Å². The minimum absolute atomic E-state index is 0. The summed E-state index contributed by atoms with van der Waals surface area (Å²) in [5, 5.41) is -0.530. The average molecular weight is 351 g/mol. The summed E-state index contributed by atoms with van der Waals surface area (Å²) in [5.74, 6) is -14.0. The van der Waals surface area contributed by atoms with Crippen LogP contribution in [0.1, 0.15) is 20.3 Å². The SMILES string of the molecule is CC/C(C)=C(Cl)\[NH+]=C(\N)C(F)(F)C(F)(F)C(F)(F)F.[Cl-]. The van der Waals surface area contributed by atoms with Crippen LogP contribution in [-0.2, 0) is 0 Å². The van der Waals surface area contributed by atoms with Gasteiger partial charge in [-0.15, -0.1) is 0 Å². The van der Waals surface area contributed by atoms with E-state index in [-0.39, 0.29) is 24.4 Å². The van der Waals surface area contributed by atoms with Crippen LogP contribution >= 0.6 is 11.6 Å². The van der Waals surface area contributed by atoms with Gasteiger partial charge in [-0.2, -0.15) is 30.7 Å². The zero-order chi connectivity index (χ0) is 15.6. The third-order valence-electron chi connectivity index (χ3n) is 2.24. The minimum Gasteiger partial charge on any atom is -1.00 e. The van der Waals surface area contributed by atoms with Gasteiger partial charge in [-0.25, -0.2) is 4.99 Å². The summed E-state index contributed by atoms with van der Waals surface area (Å²) in [6, 6.07) is 0. The number of nitrogens with two attached hydrogens (primary N) is 1. The number of hydrogen-bond donors (Lipinski definition) is 2. The predicted octanol–water partition coefficient (Wildman–Crippen LogP) is -0.859. The van der Waals surface area contributed by atoms with Gasteiger partial charge in [-0.05, 0) is 30.5 Å². The fourth-order valence-corrected chi connectivity index (χ4v) is 1.04. The zero-order valence-corrected chi connectivity index (χ0v) is 11.7. The van der Waals surface area contributed by atoms with E-state index in [1.54, 1.807) is 6.92 Å². The Morgan fingerprint density at radius 2 is 1.50 bits per heavy atom. The molecule has 0 saturated carbocycles. The molecule has 0 aromatic rings. The van der Waals surface area contributed by atoms with Crippen LogP contribution in [0.5, 0.6) is 0 Å². The second-order valence-corrected chi connectivity index (χ2v) is 4.01. The molecule has 0 fully saturated rings. The molecule has 11 heteroatoms. The molecule has 0 atom stereocenters. The summed E-state index contributed by atoms with van der Waals surface area (Å²) in [6.45, 7) is 2.93. The Bertz CT molecular complexity index is 402. The van der Waals surface area contributed by atoms with E-state index in [1.165, 1.54) is 11.9 Å². The van der Waals surface area contributed by atoms with Gasteiger partial charge in [0, 0.05) is 0 Å². The number of hydrogen-bond acceptors (Lipinski definition) is 0. The van der Waals surface area contributed by atoms with Crippen LogP contribution in [0, 0.1) is 0 Å². The summed E-state index contributed by atoms with van der Waals surface area (Å²) >= 11 is 5.40. The van der Waals surface area contributed by atoms with E-state index in [9.17, 15) is 30.7 Å². The van der Waals surface area contributed by atoms with Crippen molar-refractivity contribution in [3.63, 3.8) is 0 Å². The number of amidine groups is 1. The van der Waals surface area contributed by atoms with Crippen LogP contribution in [-0.4, -0.2) is 23.9 Å². The van der Waals surface area contributed by atoms with Crippen molar-refractivity contribution >= 4 is 17.4 Å². The molecular weight excluding hydrogens is 340 g/mol. The lowest BCUT2D eigenvalue weighted by molar-refractivity contribution is -0.409. The largest absolute Gasteiger partial charge is 1.00 e. The summed E-state index contributed by atoms with van der Waals surface area (Å²) < 4.78 is 87.0. The van der Waals surface area contributed by atoms with Crippen LogP contribution in [0.3, 0.4) is 0 Å². The molecule has 2 nitrogen and oxygen atoms in total. The highest BCUT2D eigenvalue weighted by Crippen LogP contribution is 2.45. The molecule has 20 heavy (non-hydrogen) atoms. The third kappa shape index (κ3) is 4.15. The predicted molar refractivity (Wildman–Crippen MR) is 55.0 cm³/mol. The zero-order valence-electron chi connectivity index (χ0n) is 10.2. The Morgan fingerprint density at radius 3 is 1.80 bits per heavy atom. The normalized spacial score (nSPS) is 15.6. The molecule has 0 aromatic heterocycles. The molecule has 0 aromatic carbocycles. The van der Waals surface area contributed by atoms with Crippen molar-refractivity contribution in [1.82, 2.24) is 0 Å². The molecule has 0 saturated heterocycles. The monoisotopic (exact) mass is 350 g/mol. The van der Waals surface area contributed by atoms with E-state index in [2.05, 4.69) is 5.73 Å². The van der Waals surface area contributed by atoms with E-state index in [0.29, 0.717) is 0 Å². The Hall–Kier alpha value is -0.700. The van der Waals surface area contributed by atoms with E-state index in [0.717, 1.165) is 0 Å². The third-order valence-corrected chi connectivity index (χ3v) is 2.66. The number of rotatable bonds is 4. The Labute approximate surface area is 121 Å². The molecule has 0 aliphatic heterocycles.